The zero-order valence-electron chi connectivity index (χ0n) is 15.3. The number of primary amides is 1. The zero-order chi connectivity index (χ0) is 18.8. The molecule has 4 rings (SSSR count). The summed E-state index contributed by atoms with van der Waals surface area (Å²) < 4.78 is 4.24. The Morgan fingerprint density at radius 1 is 1.04 bits per heavy atom. The lowest BCUT2D eigenvalue weighted by atomic mass is 10.0. The van der Waals surface area contributed by atoms with Crippen LogP contribution >= 0.6 is 0 Å². The first-order valence-electron chi connectivity index (χ1n) is 9.15. The van der Waals surface area contributed by atoms with E-state index < -0.39 is 0 Å². The smallest absolute Gasteiger partial charge is 0.219 e. The predicted molar refractivity (Wildman–Crippen MR) is 108 cm³/mol. The monoisotopic (exact) mass is 358 g/mol. The SMILES string of the molecule is CCn1ccc2cc(-c3c(-c4ccccc4)ncn3CCC(N)=O)ccc21. The van der Waals surface area contributed by atoms with E-state index in [1.807, 2.05) is 22.8 Å². The fourth-order valence-corrected chi connectivity index (χ4v) is 3.52. The standard InChI is InChI=1S/C22H22N4O/c1-2-25-12-10-17-14-18(8-9-19(17)25)22-21(16-6-4-3-5-7-16)24-15-26(22)13-11-20(23)27/h3-10,12,14-15H,2,11,13H2,1H3,(H2,23,27). The second-order valence-electron chi connectivity index (χ2n) is 6.59. The summed E-state index contributed by atoms with van der Waals surface area (Å²) in [6, 6.07) is 18.7. The number of benzene rings is 2. The van der Waals surface area contributed by atoms with Crippen LogP contribution in [-0.2, 0) is 17.9 Å². The minimum atomic E-state index is -0.314. The first-order valence-corrected chi connectivity index (χ1v) is 9.15. The molecule has 4 aromatic rings. The quantitative estimate of drug-likeness (QED) is 0.565. The van der Waals surface area contributed by atoms with Gasteiger partial charge in [-0.2, -0.15) is 0 Å². The Hall–Kier alpha value is -3.34. The summed E-state index contributed by atoms with van der Waals surface area (Å²) in [6.45, 7) is 3.59. The molecule has 0 spiro atoms. The van der Waals surface area contributed by atoms with Gasteiger partial charge in [0.15, 0.2) is 0 Å². The summed E-state index contributed by atoms with van der Waals surface area (Å²) in [7, 11) is 0. The number of aryl methyl sites for hydroxylation is 2. The second kappa shape index (κ2) is 7.11. The number of imidazole rings is 1. The molecule has 5 nitrogen and oxygen atoms in total. The molecule has 136 valence electrons. The highest BCUT2D eigenvalue weighted by molar-refractivity contribution is 5.88. The van der Waals surface area contributed by atoms with Gasteiger partial charge in [0.25, 0.3) is 0 Å². The summed E-state index contributed by atoms with van der Waals surface area (Å²) in [5, 5.41) is 1.19. The van der Waals surface area contributed by atoms with Crippen molar-refractivity contribution in [1.29, 1.82) is 0 Å². The fourth-order valence-electron chi connectivity index (χ4n) is 3.52. The molecular weight excluding hydrogens is 336 g/mol. The molecule has 0 unspecified atom stereocenters. The minimum absolute atomic E-state index is 0.284. The van der Waals surface area contributed by atoms with Gasteiger partial charge in [0, 0.05) is 47.7 Å². The average Bonchev–Trinajstić information content (AvgIpc) is 3.30. The molecule has 2 heterocycles. The van der Waals surface area contributed by atoms with Gasteiger partial charge in [-0.15, -0.1) is 0 Å². The maximum Gasteiger partial charge on any atom is 0.219 e. The molecule has 0 aliphatic carbocycles. The first kappa shape index (κ1) is 17.1. The Bertz CT molecular complexity index is 1090. The van der Waals surface area contributed by atoms with E-state index in [0.29, 0.717) is 6.54 Å². The Morgan fingerprint density at radius 3 is 2.59 bits per heavy atom. The van der Waals surface area contributed by atoms with Gasteiger partial charge < -0.3 is 14.9 Å². The number of aromatic nitrogens is 3. The van der Waals surface area contributed by atoms with Crippen LogP contribution in [0.1, 0.15) is 13.3 Å². The molecule has 27 heavy (non-hydrogen) atoms. The van der Waals surface area contributed by atoms with Crippen LogP contribution in [0.5, 0.6) is 0 Å². The van der Waals surface area contributed by atoms with E-state index in [0.717, 1.165) is 29.1 Å². The van der Waals surface area contributed by atoms with Gasteiger partial charge in [-0.1, -0.05) is 36.4 Å². The van der Waals surface area contributed by atoms with E-state index in [1.54, 1.807) is 6.33 Å². The summed E-state index contributed by atoms with van der Waals surface area (Å²) in [6.07, 6.45) is 4.19. The van der Waals surface area contributed by atoms with Crippen molar-refractivity contribution in [3.8, 4) is 22.5 Å². The molecular formula is C22H22N4O. The topological polar surface area (TPSA) is 65.8 Å². The maximum atomic E-state index is 11.3. The highest BCUT2D eigenvalue weighted by Crippen LogP contribution is 2.33. The van der Waals surface area contributed by atoms with Crippen molar-refractivity contribution in [2.24, 2.45) is 5.73 Å². The molecule has 0 radical (unpaired) electrons. The molecule has 0 bridgehead atoms. The molecule has 0 saturated heterocycles. The lowest BCUT2D eigenvalue weighted by Crippen LogP contribution is -2.14. The van der Waals surface area contributed by atoms with Gasteiger partial charge >= 0.3 is 0 Å². The molecule has 0 aliphatic rings. The average molecular weight is 358 g/mol. The highest BCUT2D eigenvalue weighted by Gasteiger charge is 2.16. The maximum absolute atomic E-state index is 11.3. The number of hydrogen-bond donors (Lipinski definition) is 1. The van der Waals surface area contributed by atoms with Crippen LogP contribution in [-0.4, -0.2) is 20.0 Å². The second-order valence-corrected chi connectivity index (χ2v) is 6.59. The van der Waals surface area contributed by atoms with Gasteiger partial charge in [-0.25, -0.2) is 4.98 Å². The van der Waals surface area contributed by atoms with Crippen molar-refractivity contribution in [2.45, 2.75) is 26.4 Å². The van der Waals surface area contributed by atoms with Gasteiger partial charge in [-0.05, 0) is 25.1 Å². The minimum Gasteiger partial charge on any atom is -0.370 e. The number of nitrogens with two attached hydrogens (primary N) is 1. The van der Waals surface area contributed by atoms with Gasteiger partial charge in [0.2, 0.25) is 5.91 Å². The largest absolute Gasteiger partial charge is 0.370 e. The van der Waals surface area contributed by atoms with Crippen LogP contribution in [0.2, 0.25) is 0 Å². The number of nitrogens with zero attached hydrogens (tertiary/aromatic N) is 3. The van der Waals surface area contributed by atoms with E-state index in [-0.39, 0.29) is 12.3 Å². The summed E-state index contributed by atoms with van der Waals surface area (Å²) in [5.41, 5.74) is 10.6. The van der Waals surface area contributed by atoms with Crippen molar-refractivity contribution >= 4 is 16.8 Å². The van der Waals surface area contributed by atoms with Gasteiger partial charge in [0.05, 0.1) is 17.7 Å². The Balaban J connectivity index is 1.86. The van der Waals surface area contributed by atoms with Crippen LogP contribution in [0.3, 0.4) is 0 Å². The third-order valence-corrected chi connectivity index (χ3v) is 4.87. The number of carbonyl (C=O) groups is 1. The molecule has 0 fully saturated rings. The zero-order valence-corrected chi connectivity index (χ0v) is 15.3. The number of fused-ring (bicyclic) bond motifs is 1. The molecule has 0 aliphatic heterocycles. The third-order valence-electron chi connectivity index (χ3n) is 4.87. The third kappa shape index (κ3) is 3.24. The van der Waals surface area contributed by atoms with E-state index in [1.165, 1.54) is 10.9 Å². The number of hydrogen-bond acceptors (Lipinski definition) is 2. The Kier molecular flexibility index (Phi) is 4.50. The lowest BCUT2D eigenvalue weighted by molar-refractivity contribution is -0.118. The molecule has 2 N–H and O–H groups in total. The van der Waals surface area contributed by atoms with Crippen LogP contribution in [0, 0.1) is 0 Å². The molecule has 2 aromatic carbocycles. The van der Waals surface area contributed by atoms with Crippen LogP contribution in [0.15, 0.2) is 67.1 Å². The van der Waals surface area contributed by atoms with Crippen molar-refractivity contribution in [1.82, 2.24) is 14.1 Å². The first-order chi connectivity index (χ1) is 13.2. The Morgan fingerprint density at radius 2 is 1.85 bits per heavy atom. The molecule has 1 amide bonds. The van der Waals surface area contributed by atoms with E-state index in [2.05, 4.69) is 59.1 Å². The summed E-state index contributed by atoms with van der Waals surface area (Å²) >= 11 is 0. The number of carbonyl (C=O) groups excluding carboxylic acids is 1. The molecule has 5 heteroatoms. The predicted octanol–water partition coefficient (Wildman–Crippen LogP) is 4.07. The van der Waals surface area contributed by atoms with Gasteiger partial charge in [0.1, 0.15) is 0 Å². The fraction of sp³-hybridized carbons (Fsp3) is 0.182. The van der Waals surface area contributed by atoms with E-state index in [9.17, 15) is 4.79 Å². The van der Waals surface area contributed by atoms with Crippen LogP contribution in [0.25, 0.3) is 33.4 Å². The number of rotatable bonds is 6. The lowest BCUT2D eigenvalue weighted by Gasteiger charge is -2.11. The van der Waals surface area contributed by atoms with Crippen LogP contribution < -0.4 is 5.73 Å². The van der Waals surface area contributed by atoms with Crippen molar-refractivity contribution in [2.75, 3.05) is 0 Å². The molecule has 0 saturated carbocycles. The Labute approximate surface area is 158 Å². The van der Waals surface area contributed by atoms with E-state index in [4.69, 9.17) is 5.73 Å². The van der Waals surface area contributed by atoms with Crippen molar-refractivity contribution in [3.05, 3.63) is 67.1 Å². The van der Waals surface area contributed by atoms with Crippen molar-refractivity contribution in [3.63, 3.8) is 0 Å². The molecule has 2 aromatic heterocycles. The normalized spacial score (nSPS) is 11.1. The highest BCUT2D eigenvalue weighted by atomic mass is 16.1. The van der Waals surface area contributed by atoms with Crippen LogP contribution in [0.4, 0.5) is 0 Å². The summed E-state index contributed by atoms with van der Waals surface area (Å²) in [4.78, 5) is 15.9. The molecule has 0 atom stereocenters. The number of amides is 1. The van der Waals surface area contributed by atoms with Gasteiger partial charge in [-0.3, -0.25) is 4.79 Å². The van der Waals surface area contributed by atoms with Crippen molar-refractivity contribution < 1.29 is 4.79 Å². The summed E-state index contributed by atoms with van der Waals surface area (Å²) in [5.74, 6) is -0.314. The van der Waals surface area contributed by atoms with E-state index >= 15 is 0 Å².